The van der Waals surface area contributed by atoms with Gasteiger partial charge < -0.3 is 0 Å². The Hall–Kier alpha value is -1.39. The van der Waals surface area contributed by atoms with Gasteiger partial charge in [-0.2, -0.15) is 0 Å². The summed E-state index contributed by atoms with van der Waals surface area (Å²) in [5.74, 6) is 0.0994. The summed E-state index contributed by atoms with van der Waals surface area (Å²) in [4.78, 5) is 14.6. The molecule has 0 aromatic heterocycles. The van der Waals surface area contributed by atoms with Gasteiger partial charge >= 0.3 is 0 Å². The minimum absolute atomic E-state index is 0.0994. The Morgan fingerprint density at radius 2 is 1.25 bits per heavy atom. The molecular weight excluding hydrogens is 286 g/mol. The zero-order valence-corrected chi connectivity index (χ0v) is 13.2. The third kappa shape index (κ3) is 3.38. The lowest BCUT2D eigenvalue weighted by atomic mass is 10.2. The minimum atomic E-state index is -0.101. The molecular formula is C16H17NOS2. The van der Waals surface area contributed by atoms with Crippen molar-refractivity contribution >= 4 is 40.8 Å². The van der Waals surface area contributed by atoms with Crippen LogP contribution in [0.3, 0.4) is 0 Å². The van der Waals surface area contributed by atoms with Crippen LogP contribution in [-0.4, -0.2) is 23.0 Å². The van der Waals surface area contributed by atoms with Crippen molar-refractivity contribution in [1.29, 1.82) is 0 Å². The maximum atomic E-state index is 12.8. The first-order valence-electron chi connectivity index (χ1n) is 6.27. The first kappa shape index (κ1) is 15.0. The second-order valence-corrected chi connectivity index (χ2v) is 6.33. The van der Waals surface area contributed by atoms with Crippen molar-refractivity contribution in [1.82, 2.24) is 0 Å². The van der Waals surface area contributed by atoms with Gasteiger partial charge in [0.15, 0.2) is 0 Å². The molecule has 1 amide bonds. The molecule has 4 heteroatoms. The molecule has 0 heterocycles. The molecule has 0 spiro atoms. The summed E-state index contributed by atoms with van der Waals surface area (Å²) >= 11 is 3.13. The van der Waals surface area contributed by atoms with Crippen LogP contribution in [0.2, 0.25) is 0 Å². The van der Waals surface area contributed by atoms with E-state index < -0.39 is 0 Å². The topological polar surface area (TPSA) is 20.3 Å². The van der Waals surface area contributed by atoms with E-state index in [0.29, 0.717) is 0 Å². The Morgan fingerprint density at radius 3 is 1.60 bits per heavy atom. The molecule has 0 aliphatic heterocycles. The second-order valence-electron chi connectivity index (χ2n) is 4.15. The van der Waals surface area contributed by atoms with Gasteiger partial charge in [0.2, 0.25) is 0 Å². The molecule has 0 radical (unpaired) electrons. The predicted octanol–water partition coefficient (Wildman–Crippen LogP) is 4.40. The van der Waals surface area contributed by atoms with Crippen LogP contribution < -0.4 is 4.90 Å². The SMILES string of the molecule is CSC(SC)C(=O)N(c1ccccc1)c1ccccc1. The average Bonchev–Trinajstić information content (AvgIpc) is 2.51. The number of thioether (sulfide) groups is 2. The Bertz CT molecular complexity index is 501. The summed E-state index contributed by atoms with van der Waals surface area (Å²) < 4.78 is -0.101. The first-order valence-corrected chi connectivity index (χ1v) is 8.85. The van der Waals surface area contributed by atoms with Gasteiger partial charge in [-0.1, -0.05) is 36.4 Å². The van der Waals surface area contributed by atoms with E-state index in [1.165, 1.54) is 0 Å². The highest BCUT2D eigenvalue weighted by Gasteiger charge is 2.25. The highest BCUT2D eigenvalue weighted by Crippen LogP contribution is 2.30. The lowest BCUT2D eigenvalue weighted by Crippen LogP contribution is -2.32. The summed E-state index contributed by atoms with van der Waals surface area (Å²) in [5.41, 5.74) is 1.80. The molecule has 0 fully saturated rings. The van der Waals surface area contributed by atoms with Crippen molar-refractivity contribution in [2.75, 3.05) is 17.4 Å². The number of nitrogens with zero attached hydrogens (tertiary/aromatic N) is 1. The van der Waals surface area contributed by atoms with Gasteiger partial charge in [-0.05, 0) is 36.8 Å². The van der Waals surface area contributed by atoms with Crippen LogP contribution in [0.1, 0.15) is 0 Å². The molecule has 0 aliphatic carbocycles. The quantitative estimate of drug-likeness (QED) is 0.763. The van der Waals surface area contributed by atoms with E-state index in [1.54, 1.807) is 28.4 Å². The monoisotopic (exact) mass is 303 g/mol. The molecule has 0 bridgehead atoms. The highest BCUT2D eigenvalue weighted by atomic mass is 32.2. The standard InChI is InChI=1S/C16H17NOS2/c1-19-16(20-2)15(18)17(13-9-5-3-6-10-13)14-11-7-4-8-12-14/h3-12,16H,1-2H3. The number of carbonyl (C=O) groups excluding carboxylic acids is 1. The minimum Gasteiger partial charge on any atom is -0.279 e. The highest BCUT2D eigenvalue weighted by molar-refractivity contribution is 8.17. The number of rotatable bonds is 5. The zero-order valence-electron chi connectivity index (χ0n) is 11.5. The van der Waals surface area contributed by atoms with Gasteiger partial charge in [-0.15, -0.1) is 23.5 Å². The Balaban J connectivity index is 2.43. The number of carbonyl (C=O) groups is 1. The van der Waals surface area contributed by atoms with Crippen LogP contribution >= 0.6 is 23.5 Å². The fourth-order valence-corrected chi connectivity index (χ4v) is 3.34. The van der Waals surface area contributed by atoms with Crippen LogP contribution in [0.4, 0.5) is 11.4 Å². The third-order valence-corrected chi connectivity index (χ3v) is 5.29. The summed E-state index contributed by atoms with van der Waals surface area (Å²) in [7, 11) is 0. The normalized spacial score (nSPS) is 10.6. The molecule has 20 heavy (non-hydrogen) atoms. The second kappa shape index (κ2) is 7.41. The lowest BCUT2D eigenvalue weighted by molar-refractivity contribution is -0.116. The van der Waals surface area contributed by atoms with Crippen molar-refractivity contribution < 1.29 is 4.79 Å². The van der Waals surface area contributed by atoms with Crippen LogP contribution in [0, 0.1) is 0 Å². The predicted molar refractivity (Wildman–Crippen MR) is 90.8 cm³/mol. The number of hydrogen-bond donors (Lipinski definition) is 0. The number of hydrogen-bond acceptors (Lipinski definition) is 3. The van der Waals surface area contributed by atoms with Gasteiger partial charge in [-0.3, -0.25) is 9.69 Å². The molecule has 0 N–H and O–H groups in total. The van der Waals surface area contributed by atoms with Crippen molar-refractivity contribution in [2.24, 2.45) is 0 Å². The van der Waals surface area contributed by atoms with Crippen LogP contribution in [0.25, 0.3) is 0 Å². The van der Waals surface area contributed by atoms with E-state index in [-0.39, 0.29) is 10.5 Å². The maximum absolute atomic E-state index is 12.8. The summed E-state index contributed by atoms with van der Waals surface area (Å²) in [6.45, 7) is 0. The smallest absolute Gasteiger partial charge is 0.254 e. The molecule has 2 rings (SSSR count). The van der Waals surface area contributed by atoms with E-state index in [9.17, 15) is 4.79 Å². The molecule has 2 aromatic carbocycles. The van der Waals surface area contributed by atoms with Gasteiger partial charge in [0.05, 0.1) is 0 Å². The fraction of sp³-hybridized carbons (Fsp3) is 0.188. The van der Waals surface area contributed by atoms with Crippen LogP contribution in [0.5, 0.6) is 0 Å². The number of para-hydroxylation sites is 2. The van der Waals surface area contributed by atoms with E-state index >= 15 is 0 Å². The van der Waals surface area contributed by atoms with Gasteiger partial charge in [-0.25, -0.2) is 0 Å². The maximum Gasteiger partial charge on any atom is 0.254 e. The van der Waals surface area contributed by atoms with E-state index in [4.69, 9.17) is 0 Å². The fourth-order valence-electron chi connectivity index (χ4n) is 1.96. The Labute approximate surface area is 128 Å². The number of anilines is 2. The molecule has 0 saturated carbocycles. The summed E-state index contributed by atoms with van der Waals surface area (Å²) in [5, 5.41) is 0. The molecule has 2 nitrogen and oxygen atoms in total. The lowest BCUT2D eigenvalue weighted by Gasteiger charge is -2.26. The van der Waals surface area contributed by atoms with E-state index in [0.717, 1.165) is 11.4 Å². The van der Waals surface area contributed by atoms with Crippen molar-refractivity contribution in [2.45, 2.75) is 4.58 Å². The molecule has 104 valence electrons. The molecule has 0 saturated heterocycles. The van der Waals surface area contributed by atoms with Crippen LogP contribution in [-0.2, 0) is 4.79 Å². The first-order chi connectivity index (χ1) is 9.77. The van der Waals surface area contributed by atoms with Gasteiger partial charge in [0.25, 0.3) is 5.91 Å². The molecule has 2 aromatic rings. The summed E-state index contributed by atoms with van der Waals surface area (Å²) in [6, 6.07) is 19.6. The Kier molecular flexibility index (Phi) is 5.56. The zero-order chi connectivity index (χ0) is 14.4. The molecule has 0 atom stereocenters. The molecule has 0 aliphatic rings. The van der Waals surface area contributed by atoms with Crippen LogP contribution in [0.15, 0.2) is 60.7 Å². The van der Waals surface area contributed by atoms with E-state index in [2.05, 4.69) is 0 Å². The Morgan fingerprint density at radius 1 is 0.850 bits per heavy atom. The average molecular weight is 303 g/mol. The number of amides is 1. The van der Waals surface area contributed by atoms with Crippen molar-refractivity contribution in [3.05, 3.63) is 60.7 Å². The van der Waals surface area contributed by atoms with Gasteiger partial charge in [0, 0.05) is 11.4 Å². The van der Waals surface area contributed by atoms with E-state index in [1.807, 2.05) is 73.2 Å². The molecule has 0 unspecified atom stereocenters. The largest absolute Gasteiger partial charge is 0.279 e. The third-order valence-electron chi connectivity index (χ3n) is 2.88. The van der Waals surface area contributed by atoms with Crippen molar-refractivity contribution in [3.8, 4) is 0 Å². The summed E-state index contributed by atoms with van der Waals surface area (Å²) in [6.07, 6.45) is 3.93. The number of benzene rings is 2. The van der Waals surface area contributed by atoms with Gasteiger partial charge in [0.1, 0.15) is 4.58 Å². The van der Waals surface area contributed by atoms with Crippen molar-refractivity contribution in [3.63, 3.8) is 0 Å².